The standard InChI is InChI=1S/C66H49N3O8/c1-38-33-53-57(34-39(38)2)74-58-35-40(3)56(37-54(58)66(53)50-24-16-14-22-48(50)64(73)77-66)69(45-19-11-8-12-20-45)62(71)43-27-25-42(26-28-43)61(70)68(44-17-9-7-10-18-44)55-32-31-52-60(41(55)4)75-59-36-46(67(5)6)29-30-51(59)65(52)49-23-15-13-21-47(49)63(72)76-65/h7-37H,1-6H3. The first kappa shape index (κ1) is 47.0. The number of benzene rings is 9. The van der Waals surface area contributed by atoms with E-state index in [1.54, 1.807) is 46.2 Å². The molecule has 2 spiro atoms. The van der Waals surface area contributed by atoms with Gasteiger partial charge in [-0.25, -0.2) is 9.59 Å². The highest BCUT2D eigenvalue weighted by molar-refractivity contribution is 6.14. The van der Waals surface area contributed by atoms with Crippen LogP contribution in [-0.2, 0) is 20.7 Å². The molecule has 13 rings (SSSR count). The Kier molecular flexibility index (Phi) is 10.6. The van der Waals surface area contributed by atoms with Gasteiger partial charge < -0.3 is 23.8 Å². The van der Waals surface area contributed by atoms with Gasteiger partial charge in [-0.15, -0.1) is 0 Å². The fraction of sp³-hybridized carbons (Fsp3) is 0.121. The largest absolute Gasteiger partial charge is 0.456 e. The van der Waals surface area contributed by atoms with Crippen molar-refractivity contribution in [1.29, 1.82) is 0 Å². The summed E-state index contributed by atoms with van der Waals surface area (Å²) in [7, 11) is 3.90. The molecule has 376 valence electrons. The van der Waals surface area contributed by atoms with Crippen molar-refractivity contribution in [2.24, 2.45) is 0 Å². The molecule has 0 N–H and O–H groups in total. The highest BCUT2D eigenvalue weighted by atomic mass is 16.6. The number of anilines is 5. The molecule has 0 aliphatic carbocycles. The number of carbonyl (C=O) groups is 4. The number of nitrogens with zero attached hydrogens (tertiary/aromatic N) is 3. The first-order valence-corrected chi connectivity index (χ1v) is 25.4. The molecule has 9 aromatic carbocycles. The summed E-state index contributed by atoms with van der Waals surface area (Å²) in [6.07, 6.45) is 0. The van der Waals surface area contributed by atoms with Crippen molar-refractivity contribution < 1.29 is 38.1 Å². The maximum absolute atomic E-state index is 15.4. The zero-order chi connectivity index (χ0) is 53.1. The first-order chi connectivity index (χ1) is 37.3. The summed E-state index contributed by atoms with van der Waals surface area (Å²) in [4.78, 5) is 63.5. The number of rotatable bonds is 7. The molecular weight excluding hydrogens is 963 g/mol. The zero-order valence-corrected chi connectivity index (χ0v) is 43.0. The average Bonchev–Trinajstić information content (AvgIpc) is 4.16. The van der Waals surface area contributed by atoms with Gasteiger partial charge in [0.15, 0.2) is 11.2 Å². The van der Waals surface area contributed by atoms with Crippen LogP contribution in [0, 0.1) is 27.7 Å². The third kappa shape index (κ3) is 6.96. The molecule has 0 radical (unpaired) electrons. The van der Waals surface area contributed by atoms with E-state index in [0.29, 0.717) is 107 Å². The number of esters is 2. The van der Waals surface area contributed by atoms with E-state index < -0.39 is 23.1 Å². The molecule has 2 atom stereocenters. The van der Waals surface area contributed by atoms with Gasteiger partial charge in [0, 0.05) is 87.3 Å². The summed E-state index contributed by atoms with van der Waals surface area (Å²) in [6.45, 7) is 7.86. The zero-order valence-electron chi connectivity index (χ0n) is 43.0. The van der Waals surface area contributed by atoms with Gasteiger partial charge in [0.05, 0.1) is 22.5 Å². The van der Waals surface area contributed by atoms with Gasteiger partial charge in [0.1, 0.15) is 23.0 Å². The number of fused-ring (bicyclic) bond motifs is 12. The Hall–Kier alpha value is -9.74. The Bertz CT molecular complexity index is 4000. The van der Waals surface area contributed by atoms with E-state index in [2.05, 4.69) is 0 Å². The van der Waals surface area contributed by atoms with Crippen LogP contribution in [0.1, 0.15) is 97.1 Å². The molecule has 2 unspecified atom stereocenters. The van der Waals surface area contributed by atoms with E-state index in [9.17, 15) is 9.59 Å². The van der Waals surface area contributed by atoms with E-state index in [4.69, 9.17) is 18.9 Å². The van der Waals surface area contributed by atoms with Crippen molar-refractivity contribution in [3.8, 4) is 23.0 Å². The predicted molar refractivity (Wildman–Crippen MR) is 295 cm³/mol. The van der Waals surface area contributed by atoms with Crippen LogP contribution in [0.2, 0.25) is 0 Å². The van der Waals surface area contributed by atoms with Crippen molar-refractivity contribution in [3.63, 3.8) is 0 Å². The lowest BCUT2D eigenvalue weighted by molar-refractivity contribution is 0.0214. The third-order valence-corrected chi connectivity index (χ3v) is 15.5. The Balaban J connectivity index is 0.898. The summed E-state index contributed by atoms with van der Waals surface area (Å²) < 4.78 is 26.6. The van der Waals surface area contributed by atoms with Crippen LogP contribution in [0.5, 0.6) is 23.0 Å². The molecule has 11 heteroatoms. The van der Waals surface area contributed by atoms with Crippen molar-refractivity contribution in [3.05, 3.63) is 266 Å². The fourth-order valence-corrected chi connectivity index (χ4v) is 11.6. The Morgan fingerprint density at radius 1 is 0.403 bits per heavy atom. The number of para-hydroxylation sites is 2. The summed E-state index contributed by atoms with van der Waals surface area (Å²) in [6, 6.07) is 57.6. The SMILES string of the molecule is Cc1cc2c(cc1C)C1(OC(=O)c3ccccc31)c1cc(N(C(=O)c3ccc(C(=O)N(c4ccccc4)c4ccc5c(c4C)Oc4cc(N(C)C)ccc4C54OC(=O)c5ccccc54)cc3)c3ccccc3)c(C)cc1O2. The normalized spacial score (nSPS) is 16.9. The van der Waals surface area contributed by atoms with Crippen LogP contribution in [0.3, 0.4) is 0 Å². The van der Waals surface area contributed by atoms with E-state index in [1.807, 2.05) is 198 Å². The number of amides is 2. The van der Waals surface area contributed by atoms with Gasteiger partial charge >= 0.3 is 11.9 Å². The van der Waals surface area contributed by atoms with Crippen molar-refractivity contribution in [2.75, 3.05) is 28.8 Å². The molecule has 11 nitrogen and oxygen atoms in total. The molecule has 0 saturated carbocycles. The second-order valence-electron chi connectivity index (χ2n) is 20.2. The molecule has 4 heterocycles. The summed E-state index contributed by atoms with van der Waals surface area (Å²) in [5.74, 6) is 0.479. The summed E-state index contributed by atoms with van der Waals surface area (Å²) in [5.41, 5.74) is 9.48. The van der Waals surface area contributed by atoms with Crippen LogP contribution in [0.15, 0.2) is 188 Å². The topological polar surface area (TPSA) is 115 Å². The molecular formula is C66H49N3O8. The average molecular weight is 1010 g/mol. The van der Waals surface area contributed by atoms with Gasteiger partial charge in [-0.1, -0.05) is 72.8 Å². The van der Waals surface area contributed by atoms with Gasteiger partial charge in [0.2, 0.25) is 0 Å². The van der Waals surface area contributed by atoms with Crippen molar-refractivity contribution in [2.45, 2.75) is 38.9 Å². The quantitative estimate of drug-likeness (QED) is 0.144. The molecule has 0 bridgehead atoms. The summed E-state index contributed by atoms with van der Waals surface area (Å²) in [5, 5.41) is 0. The van der Waals surface area contributed by atoms with Gasteiger partial charge in [0.25, 0.3) is 11.8 Å². The lowest BCUT2D eigenvalue weighted by atomic mass is 9.76. The second-order valence-corrected chi connectivity index (χ2v) is 20.2. The number of carbonyl (C=O) groups excluding carboxylic acids is 4. The Morgan fingerprint density at radius 2 is 0.870 bits per heavy atom. The highest BCUT2D eigenvalue weighted by Crippen LogP contribution is 2.60. The van der Waals surface area contributed by atoms with Crippen LogP contribution in [0.25, 0.3) is 0 Å². The maximum atomic E-state index is 15.4. The van der Waals surface area contributed by atoms with E-state index >= 15 is 9.59 Å². The molecule has 4 aliphatic rings. The minimum atomic E-state index is -1.37. The second kappa shape index (κ2) is 17.4. The monoisotopic (exact) mass is 1010 g/mol. The number of aryl methyl sites for hydroxylation is 3. The van der Waals surface area contributed by atoms with Crippen LogP contribution in [-0.4, -0.2) is 37.8 Å². The summed E-state index contributed by atoms with van der Waals surface area (Å²) >= 11 is 0. The maximum Gasteiger partial charge on any atom is 0.340 e. The fourth-order valence-electron chi connectivity index (χ4n) is 11.6. The van der Waals surface area contributed by atoms with E-state index in [-0.39, 0.29) is 11.8 Å². The molecule has 0 saturated heterocycles. The van der Waals surface area contributed by atoms with Crippen molar-refractivity contribution in [1.82, 2.24) is 0 Å². The van der Waals surface area contributed by atoms with Gasteiger partial charge in [-0.2, -0.15) is 0 Å². The van der Waals surface area contributed by atoms with Crippen LogP contribution < -0.4 is 24.2 Å². The minimum absolute atomic E-state index is 0.319. The Labute approximate surface area is 445 Å². The van der Waals surface area contributed by atoms with Crippen LogP contribution in [0.4, 0.5) is 28.4 Å². The lowest BCUT2D eigenvalue weighted by Gasteiger charge is -2.38. The predicted octanol–water partition coefficient (Wildman–Crippen LogP) is 14.1. The van der Waals surface area contributed by atoms with Gasteiger partial charge in [-0.05, 0) is 154 Å². The lowest BCUT2D eigenvalue weighted by Crippen LogP contribution is -2.34. The van der Waals surface area contributed by atoms with Crippen molar-refractivity contribution >= 4 is 52.2 Å². The molecule has 2 amide bonds. The number of hydrogen-bond acceptors (Lipinski definition) is 9. The molecule has 77 heavy (non-hydrogen) atoms. The smallest absolute Gasteiger partial charge is 0.340 e. The first-order valence-electron chi connectivity index (χ1n) is 25.4. The molecule has 0 aromatic heterocycles. The number of hydrogen-bond donors (Lipinski definition) is 0. The molecule has 9 aromatic rings. The molecule has 0 fully saturated rings. The minimum Gasteiger partial charge on any atom is -0.456 e. The van der Waals surface area contributed by atoms with Crippen LogP contribution >= 0.6 is 0 Å². The van der Waals surface area contributed by atoms with Gasteiger partial charge in [-0.3, -0.25) is 19.4 Å². The highest BCUT2D eigenvalue weighted by Gasteiger charge is 2.56. The van der Waals surface area contributed by atoms with E-state index in [1.165, 1.54) is 0 Å². The number of ether oxygens (including phenoxy) is 4. The molecule has 4 aliphatic heterocycles. The Morgan fingerprint density at radius 3 is 1.44 bits per heavy atom. The third-order valence-electron chi connectivity index (χ3n) is 15.5. The van der Waals surface area contributed by atoms with E-state index in [0.717, 1.165) is 22.4 Å².